The Bertz CT molecular complexity index is 166. The highest BCUT2D eigenvalue weighted by atomic mass is 14.9. The highest BCUT2D eigenvalue weighted by molar-refractivity contribution is 5.08. The van der Waals surface area contributed by atoms with E-state index >= 15 is 0 Å². The molecule has 0 aromatic rings. The lowest BCUT2D eigenvalue weighted by atomic mass is 9.93. The second-order valence-electron chi connectivity index (χ2n) is 4.09. The highest BCUT2D eigenvalue weighted by Gasteiger charge is 2.12. The number of allylic oxidation sites excluding steroid dienone is 2. The van der Waals surface area contributed by atoms with Crippen molar-refractivity contribution in [2.75, 3.05) is 0 Å². The van der Waals surface area contributed by atoms with Crippen molar-refractivity contribution in [2.45, 2.75) is 34.6 Å². The average Bonchev–Trinajstić information content (AvgIpc) is 1.80. The minimum absolute atomic E-state index is 0.145. The van der Waals surface area contributed by atoms with Gasteiger partial charge in [-0.2, -0.15) is 0 Å². The van der Waals surface area contributed by atoms with Gasteiger partial charge in [0, 0.05) is 11.1 Å². The first kappa shape index (κ1) is 10.3. The molecule has 0 rings (SSSR count). The van der Waals surface area contributed by atoms with Gasteiger partial charge in [0.15, 0.2) is 0 Å². The Balaban J connectivity index is 4.01. The first-order valence-electron chi connectivity index (χ1n) is 3.93. The van der Waals surface area contributed by atoms with Gasteiger partial charge in [-0.25, -0.2) is 0 Å². The first-order valence-corrected chi connectivity index (χ1v) is 3.93. The van der Waals surface area contributed by atoms with Crippen LogP contribution in [0.25, 0.3) is 0 Å². The molecule has 0 aliphatic heterocycles. The van der Waals surface area contributed by atoms with Crippen molar-refractivity contribution in [1.82, 2.24) is 5.32 Å². The van der Waals surface area contributed by atoms with Crippen molar-refractivity contribution in [3.05, 3.63) is 24.0 Å². The lowest BCUT2D eigenvalue weighted by Crippen LogP contribution is -2.19. The Hall–Kier alpha value is -0.720. The molecular weight excluding hydrogens is 134 g/mol. The summed E-state index contributed by atoms with van der Waals surface area (Å²) in [5, 5.41) is 3.17. The monoisotopic (exact) mass is 153 g/mol. The minimum atomic E-state index is 0.145. The molecule has 0 aliphatic carbocycles. The van der Waals surface area contributed by atoms with E-state index in [0.717, 1.165) is 5.70 Å². The average molecular weight is 153 g/mol. The molecule has 0 saturated heterocycles. The molecule has 0 aromatic carbocycles. The minimum Gasteiger partial charge on any atom is -0.365 e. The van der Waals surface area contributed by atoms with Crippen LogP contribution >= 0.6 is 0 Å². The predicted molar refractivity (Wildman–Crippen MR) is 51.2 cm³/mol. The molecule has 0 heterocycles. The van der Waals surface area contributed by atoms with E-state index in [2.05, 4.69) is 46.5 Å². The molecule has 1 nitrogen and oxygen atoms in total. The quantitative estimate of drug-likeness (QED) is 0.643. The van der Waals surface area contributed by atoms with Crippen LogP contribution in [0.15, 0.2) is 24.0 Å². The second kappa shape index (κ2) is 3.61. The molecule has 1 N–H and O–H groups in total. The first-order chi connectivity index (χ1) is 4.84. The summed E-state index contributed by atoms with van der Waals surface area (Å²) in [6, 6.07) is 0. The number of nitrogens with one attached hydrogen (secondary N) is 1. The molecule has 0 spiro atoms. The van der Waals surface area contributed by atoms with Crippen LogP contribution in [0.4, 0.5) is 0 Å². The van der Waals surface area contributed by atoms with Gasteiger partial charge < -0.3 is 5.32 Å². The summed E-state index contributed by atoms with van der Waals surface area (Å²) in [6.45, 7) is 14.5. The van der Waals surface area contributed by atoms with Crippen LogP contribution in [0.2, 0.25) is 0 Å². The van der Waals surface area contributed by atoms with Crippen LogP contribution in [-0.4, -0.2) is 0 Å². The zero-order valence-electron chi connectivity index (χ0n) is 8.28. The SMILES string of the molecule is C=C(NC=C(C)C)C(C)(C)C. The summed E-state index contributed by atoms with van der Waals surface area (Å²) >= 11 is 0. The van der Waals surface area contributed by atoms with E-state index in [1.54, 1.807) is 0 Å². The molecule has 64 valence electrons. The number of rotatable bonds is 2. The lowest BCUT2D eigenvalue weighted by molar-refractivity contribution is 0.480. The van der Waals surface area contributed by atoms with Gasteiger partial charge in [0.2, 0.25) is 0 Å². The molecular formula is C10H19N. The zero-order chi connectivity index (χ0) is 9.07. The molecule has 0 unspecified atom stereocenters. The summed E-state index contributed by atoms with van der Waals surface area (Å²) < 4.78 is 0. The van der Waals surface area contributed by atoms with Crippen molar-refractivity contribution >= 4 is 0 Å². The molecule has 0 saturated carbocycles. The maximum atomic E-state index is 3.94. The molecule has 0 fully saturated rings. The van der Waals surface area contributed by atoms with E-state index < -0.39 is 0 Å². The van der Waals surface area contributed by atoms with Gasteiger partial charge in [-0.15, -0.1) is 0 Å². The van der Waals surface area contributed by atoms with Crippen molar-refractivity contribution in [2.24, 2.45) is 5.41 Å². The molecule has 11 heavy (non-hydrogen) atoms. The van der Waals surface area contributed by atoms with Crippen LogP contribution < -0.4 is 5.32 Å². The zero-order valence-corrected chi connectivity index (χ0v) is 8.28. The molecule has 0 aromatic heterocycles. The van der Waals surface area contributed by atoms with Gasteiger partial charge in [0.05, 0.1) is 0 Å². The van der Waals surface area contributed by atoms with Gasteiger partial charge >= 0.3 is 0 Å². The molecule has 0 atom stereocenters. The van der Waals surface area contributed by atoms with E-state index in [9.17, 15) is 0 Å². The Kier molecular flexibility index (Phi) is 3.37. The van der Waals surface area contributed by atoms with Gasteiger partial charge in [-0.3, -0.25) is 0 Å². The van der Waals surface area contributed by atoms with E-state index in [-0.39, 0.29) is 5.41 Å². The van der Waals surface area contributed by atoms with Crippen molar-refractivity contribution < 1.29 is 0 Å². The van der Waals surface area contributed by atoms with Gasteiger partial charge in [-0.1, -0.05) is 32.9 Å². The molecule has 0 amide bonds. The van der Waals surface area contributed by atoms with E-state index in [1.807, 2.05) is 6.20 Å². The predicted octanol–water partition coefficient (Wildman–Crippen LogP) is 3.06. The topological polar surface area (TPSA) is 12.0 Å². The highest BCUT2D eigenvalue weighted by Crippen LogP contribution is 2.20. The summed E-state index contributed by atoms with van der Waals surface area (Å²) in [5.41, 5.74) is 2.46. The van der Waals surface area contributed by atoms with Crippen LogP contribution in [-0.2, 0) is 0 Å². The third kappa shape index (κ3) is 4.65. The molecule has 0 bridgehead atoms. The van der Waals surface area contributed by atoms with E-state index in [0.29, 0.717) is 0 Å². The van der Waals surface area contributed by atoms with Gasteiger partial charge in [-0.05, 0) is 20.0 Å². The van der Waals surface area contributed by atoms with Crippen LogP contribution in [0.1, 0.15) is 34.6 Å². The third-order valence-corrected chi connectivity index (χ3v) is 1.44. The van der Waals surface area contributed by atoms with Crippen LogP contribution in [0.5, 0.6) is 0 Å². The summed E-state index contributed by atoms with van der Waals surface area (Å²) in [5.74, 6) is 0. The fourth-order valence-electron chi connectivity index (χ4n) is 0.448. The second-order valence-corrected chi connectivity index (χ2v) is 4.09. The molecule has 1 heteroatoms. The number of hydrogen-bond donors (Lipinski definition) is 1. The Morgan fingerprint density at radius 3 is 2.00 bits per heavy atom. The van der Waals surface area contributed by atoms with E-state index in [1.165, 1.54) is 5.57 Å². The summed E-state index contributed by atoms with van der Waals surface area (Å²) in [7, 11) is 0. The third-order valence-electron chi connectivity index (χ3n) is 1.44. The van der Waals surface area contributed by atoms with Crippen molar-refractivity contribution in [3.63, 3.8) is 0 Å². The van der Waals surface area contributed by atoms with Crippen LogP contribution in [0.3, 0.4) is 0 Å². The van der Waals surface area contributed by atoms with Crippen molar-refractivity contribution in [1.29, 1.82) is 0 Å². The van der Waals surface area contributed by atoms with Gasteiger partial charge in [0.1, 0.15) is 0 Å². The number of hydrogen-bond acceptors (Lipinski definition) is 1. The standard InChI is InChI=1S/C10H19N/c1-8(2)7-11-9(3)10(4,5)6/h7,11H,3H2,1-2,4-6H3. The normalized spacial score (nSPS) is 10.6. The largest absolute Gasteiger partial charge is 0.365 e. The van der Waals surface area contributed by atoms with Crippen LogP contribution in [0, 0.1) is 5.41 Å². The Labute approximate surface area is 70.2 Å². The maximum absolute atomic E-state index is 3.94. The summed E-state index contributed by atoms with van der Waals surface area (Å²) in [4.78, 5) is 0. The Morgan fingerprint density at radius 2 is 1.73 bits per heavy atom. The fourth-order valence-corrected chi connectivity index (χ4v) is 0.448. The van der Waals surface area contributed by atoms with E-state index in [4.69, 9.17) is 0 Å². The Morgan fingerprint density at radius 1 is 1.27 bits per heavy atom. The maximum Gasteiger partial charge on any atom is 0.0128 e. The molecule has 0 aliphatic rings. The smallest absolute Gasteiger partial charge is 0.0128 e. The molecule has 0 radical (unpaired) electrons. The van der Waals surface area contributed by atoms with Gasteiger partial charge in [0.25, 0.3) is 0 Å². The summed E-state index contributed by atoms with van der Waals surface area (Å²) in [6.07, 6.45) is 1.98. The van der Waals surface area contributed by atoms with Crippen molar-refractivity contribution in [3.8, 4) is 0 Å². The lowest BCUT2D eigenvalue weighted by Gasteiger charge is -2.21. The fraction of sp³-hybridized carbons (Fsp3) is 0.600.